The maximum absolute atomic E-state index is 3.91. The molecule has 0 amide bonds. The molecule has 1 N–H and O–H groups in total. The van der Waals surface area contributed by atoms with E-state index in [2.05, 4.69) is 15.2 Å². The summed E-state index contributed by atoms with van der Waals surface area (Å²) < 4.78 is 0. The van der Waals surface area contributed by atoms with Crippen LogP contribution in [0.5, 0.6) is 0 Å². The van der Waals surface area contributed by atoms with Crippen molar-refractivity contribution in [1.29, 1.82) is 0 Å². The van der Waals surface area contributed by atoms with Crippen molar-refractivity contribution < 1.29 is 0 Å². The number of benzene rings is 1. The minimum atomic E-state index is 0.804. The van der Waals surface area contributed by atoms with Crippen LogP contribution < -0.4 is 0 Å². The lowest BCUT2D eigenvalue weighted by Crippen LogP contribution is -1.63. The Bertz CT molecular complexity index is 381. The van der Waals surface area contributed by atoms with Crippen LogP contribution >= 0.6 is 0 Å². The Balaban J connectivity index is 2.62. The Kier molecular flexibility index (Phi) is 1.63. The van der Waals surface area contributed by atoms with Crippen LogP contribution in [0.1, 0.15) is 0 Å². The molecule has 0 saturated heterocycles. The summed E-state index contributed by atoms with van der Waals surface area (Å²) in [5, 5.41) is 8.77. The fourth-order valence-corrected chi connectivity index (χ4v) is 1.22. The summed E-state index contributed by atoms with van der Waals surface area (Å²) in [7, 11) is 1.66. The van der Waals surface area contributed by atoms with Crippen molar-refractivity contribution in [2.45, 2.75) is 0 Å². The van der Waals surface area contributed by atoms with Gasteiger partial charge in [-0.3, -0.25) is 0 Å². The molecule has 0 spiro atoms. The Morgan fingerprint density at radius 3 is 2.83 bits per heavy atom. The Hall–Kier alpha value is -1.64. The van der Waals surface area contributed by atoms with Gasteiger partial charge in [-0.2, -0.15) is 5.11 Å². The smallest absolute Gasteiger partial charge is 0.153 e. The summed E-state index contributed by atoms with van der Waals surface area (Å²) in [4.78, 5) is 3.14. The van der Waals surface area contributed by atoms with Crippen LogP contribution in [0.15, 0.2) is 40.6 Å². The SMILES string of the molecule is C/N=N/c1cc2ccccc2[nH]1. The Labute approximate surface area is 70.1 Å². The van der Waals surface area contributed by atoms with Crippen molar-refractivity contribution in [3.8, 4) is 0 Å². The third-order valence-electron chi connectivity index (χ3n) is 1.72. The van der Waals surface area contributed by atoms with Crippen molar-refractivity contribution in [3.63, 3.8) is 0 Å². The second kappa shape index (κ2) is 2.77. The van der Waals surface area contributed by atoms with Gasteiger partial charge < -0.3 is 4.98 Å². The maximum atomic E-state index is 3.91. The molecule has 3 heteroatoms. The van der Waals surface area contributed by atoms with Crippen LogP contribution in [-0.4, -0.2) is 12.0 Å². The van der Waals surface area contributed by atoms with E-state index >= 15 is 0 Å². The maximum Gasteiger partial charge on any atom is 0.153 e. The van der Waals surface area contributed by atoms with E-state index in [9.17, 15) is 0 Å². The molecule has 1 aromatic carbocycles. The van der Waals surface area contributed by atoms with Crippen LogP contribution in [0.4, 0.5) is 5.82 Å². The number of aromatic amines is 1. The first-order valence-corrected chi connectivity index (χ1v) is 3.78. The quantitative estimate of drug-likeness (QED) is 0.621. The van der Waals surface area contributed by atoms with Gasteiger partial charge in [0.05, 0.1) is 0 Å². The first-order chi connectivity index (χ1) is 5.90. The number of rotatable bonds is 1. The predicted molar refractivity (Wildman–Crippen MR) is 48.7 cm³/mol. The number of nitrogens with one attached hydrogen (secondary N) is 1. The van der Waals surface area contributed by atoms with Crippen LogP contribution in [0.2, 0.25) is 0 Å². The highest BCUT2D eigenvalue weighted by Crippen LogP contribution is 2.19. The van der Waals surface area contributed by atoms with Gasteiger partial charge in [0.25, 0.3) is 0 Å². The fourth-order valence-electron chi connectivity index (χ4n) is 1.22. The average Bonchev–Trinajstić information content (AvgIpc) is 2.47. The zero-order valence-corrected chi connectivity index (χ0v) is 6.78. The topological polar surface area (TPSA) is 40.5 Å². The number of aromatic nitrogens is 1. The zero-order valence-electron chi connectivity index (χ0n) is 6.78. The van der Waals surface area contributed by atoms with Crippen molar-refractivity contribution in [2.75, 3.05) is 7.05 Å². The van der Waals surface area contributed by atoms with Crippen molar-refractivity contribution in [2.24, 2.45) is 10.2 Å². The number of azo groups is 1. The average molecular weight is 159 g/mol. The molecule has 1 heterocycles. The monoisotopic (exact) mass is 159 g/mol. The minimum absolute atomic E-state index is 0.804. The van der Waals surface area contributed by atoms with Crippen LogP contribution in [0.3, 0.4) is 0 Å². The number of hydrogen-bond donors (Lipinski definition) is 1. The number of hydrogen-bond acceptors (Lipinski definition) is 2. The van der Waals surface area contributed by atoms with Crippen molar-refractivity contribution >= 4 is 16.7 Å². The van der Waals surface area contributed by atoms with Crippen LogP contribution in [-0.2, 0) is 0 Å². The number of H-pyrrole nitrogens is 1. The van der Waals surface area contributed by atoms with Crippen molar-refractivity contribution in [1.82, 2.24) is 4.98 Å². The molecular formula is C9H9N3. The van der Waals surface area contributed by atoms with E-state index in [1.165, 1.54) is 5.39 Å². The molecule has 2 rings (SSSR count). The fraction of sp³-hybridized carbons (Fsp3) is 0.111. The van der Waals surface area contributed by atoms with E-state index in [-0.39, 0.29) is 0 Å². The highest BCUT2D eigenvalue weighted by molar-refractivity contribution is 5.82. The Morgan fingerprint density at radius 2 is 2.08 bits per heavy atom. The lowest BCUT2D eigenvalue weighted by atomic mass is 10.3. The highest BCUT2D eigenvalue weighted by Gasteiger charge is 1.96. The lowest BCUT2D eigenvalue weighted by Gasteiger charge is -1.83. The van der Waals surface area contributed by atoms with Gasteiger partial charge in [-0.15, -0.1) is 5.11 Å². The molecule has 3 nitrogen and oxygen atoms in total. The van der Waals surface area contributed by atoms with Gasteiger partial charge in [-0.1, -0.05) is 18.2 Å². The number of para-hydroxylation sites is 1. The molecule has 60 valence electrons. The minimum Gasteiger partial charge on any atom is -0.338 e. The molecule has 0 radical (unpaired) electrons. The molecule has 1 aromatic heterocycles. The molecular weight excluding hydrogens is 150 g/mol. The lowest BCUT2D eigenvalue weighted by molar-refractivity contribution is 1.14. The summed E-state index contributed by atoms with van der Waals surface area (Å²) in [5.74, 6) is 0.804. The van der Waals surface area contributed by atoms with Gasteiger partial charge in [-0.25, -0.2) is 0 Å². The van der Waals surface area contributed by atoms with E-state index in [0.717, 1.165) is 11.3 Å². The summed E-state index contributed by atoms with van der Waals surface area (Å²) in [5.41, 5.74) is 1.10. The van der Waals surface area contributed by atoms with Gasteiger partial charge in [0, 0.05) is 18.0 Å². The molecule has 0 bridgehead atoms. The zero-order chi connectivity index (χ0) is 8.39. The van der Waals surface area contributed by atoms with E-state index in [4.69, 9.17) is 0 Å². The highest BCUT2D eigenvalue weighted by atomic mass is 15.1. The second-order valence-electron chi connectivity index (χ2n) is 2.54. The first-order valence-electron chi connectivity index (χ1n) is 3.78. The van der Waals surface area contributed by atoms with Gasteiger partial charge >= 0.3 is 0 Å². The molecule has 0 aliphatic rings. The van der Waals surface area contributed by atoms with Gasteiger partial charge in [0.15, 0.2) is 5.82 Å². The van der Waals surface area contributed by atoms with E-state index in [0.29, 0.717) is 0 Å². The molecule has 0 aliphatic carbocycles. The van der Waals surface area contributed by atoms with Crippen LogP contribution in [0, 0.1) is 0 Å². The number of nitrogens with zero attached hydrogens (tertiary/aromatic N) is 2. The second-order valence-corrected chi connectivity index (χ2v) is 2.54. The molecule has 0 unspecified atom stereocenters. The normalized spacial score (nSPS) is 11.4. The molecule has 0 fully saturated rings. The van der Waals surface area contributed by atoms with E-state index < -0.39 is 0 Å². The first kappa shape index (κ1) is 7.03. The standard InChI is InChI=1S/C9H9N3/c1-10-12-9-6-7-4-2-3-5-8(7)11-9/h2-6,11H,1H3/b12-10+. The summed E-state index contributed by atoms with van der Waals surface area (Å²) in [6, 6.07) is 10.0. The number of fused-ring (bicyclic) bond motifs is 1. The predicted octanol–water partition coefficient (Wildman–Crippen LogP) is 2.88. The molecule has 0 aliphatic heterocycles. The largest absolute Gasteiger partial charge is 0.338 e. The summed E-state index contributed by atoms with van der Waals surface area (Å²) in [6.45, 7) is 0. The Morgan fingerprint density at radius 1 is 1.25 bits per heavy atom. The summed E-state index contributed by atoms with van der Waals surface area (Å²) in [6.07, 6.45) is 0. The van der Waals surface area contributed by atoms with E-state index in [1.807, 2.05) is 30.3 Å². The molecule has 0 saturated carbocycles. The van der Waals surface area contributed by atoms with Gasteiger partial charge in [-0.05, 0) is 12.1 Å². The van der Waals surface area contributed by atoms with E-state index in [1.54, 1.807) is 7.05 Å². The molecule has 2 aromatic rings. The third kappa shape index (κ3) is 1.09. The van der Waals surface area contributed by atoms with Crippen molar-refractivity contribution in [3.05, 3.63) is 30.3 Å². The van der Waals surface area contributed by atoms with Gasteiger partial charge in [0.1, 0.15) is 0 Å². The molecule has 0 atom stereocenters. The third-order valence-corrected chi connectivity index (χ3v) is 1.72. The van der Waals surface area contributed by atoms with Crippen LogP contribution in [0.25, 0.3) is 10.9 Å². The van der Waals surface area contributed by atoms with Gasteiger partial charge in [0.2, 0.25) is 0 Å². The molecule has 12 heavy (non-hydrogen) atoms. The summed E-state index contributed by atoms with van der Waals surface area (Å²) >= 11 is 0.